The first-order chi connectivity index (χ1) is 7.45. The van der Waals surface area contributed by atoms with Crippen molar-refractivity contribution in [3.8, 4) is 0 Å². The first-order valence-electron chi connectivity index (χ1n) is 5.31. The van der Waals surface area contributed by atoms with Crippen LogP contribution in [0.15, 0.2) is 18.2 Å². The van der Waals surface area contributed by atoms with E-state index in [-0.39, 0.29) is 5.41 Å². The third kappa shape index (κ3) is 1.70. The van der Waals surface area contributed by atoms with Crippen molar-refractivity contribution in [1.82, 2.24) is 9.38 Å². The third-order valence-corrected chi connectivity index (χ3v) is 2.94. The number of hydrogen-bond donors (Lipinski definition) is 1. The van der Waals surface area contributed by atoms with Crippen LogP contribution in [0.5, 0.6) is 0 Å². The first-order valence-corrected chi connectivity index (χ1v) is 5.69. The van der Waals surface area contributed by atoms with Crippen molar-refractivity contribution in [2.24, 2.45) is 5.73 Å². The van der Waals surface area contributed by atoms with Crippen molar-refractivity contribution in [2.45, 2.75) is 32.7 Å². The molecule has 0 aliphatic rings. The van der Waals surface area contributed by atoms with Crippen LogP contribution in [0.4, 0.5) is 0 Å². The molecule has 0 atom stereocenters. The number of imidazole rings is 1. The highest BCUT2D eigenvalue weighted by atomic mass is 35.5. The predicted octanol–water partition coefficient (Wildman–Crippen LogP) is 2.74. The van der Waals surface area contributed by atoms with Gasteiger partial charge in [0.15, 0.2) is 0 Å². The maximum absolute atomic E-state index is 6.37. The molecule has 3 nitrogen and oxygen atoms in total. The standard InChI is InChI=1S/C12H16ClN3/c1-12(2,3)10-11(13)16-8(7-14)5-4-6-9(16)15-10/h4-6H,7,14H2,1-3H3. The Morgan fingerprint density at radius 1 is 1.38 bits per heavy atom. The minimum absolute atomic E-state index is 0.0605. The summed E-state index contributed by atoms with van der Waals surface area (Å²) in [5.74, 6) is 0. The summed E-state index contributed by atoms with van der Waals surface area (Å²) < 4.78 is 1.92. The van der Waals surface area contributed by atoms with Crippen LogP contribution in [0.25, 0.3) is 5.65 Å². The average Bonchev–Trinajstić information content (AvgIpc) is 2.56. The molecule has 2 aromatic heterocycles. The molecule has 0 saturated carbocycles. The summed E-state index contributed by atoms with van der Waals surface area (Å²) in [6, 6.07) is 5.86. The van der Waals surface area contributed by atoms with E-state index in [1.165, 1.54) is 0 Å². The summed E-state index contributed by atoms with van der Waals surface area (Å²) >= 11 is 6.37. The Bertz CT molecular complexity index is 523. The zero-order valence-electron chi connectivity index (χ0n) is 9.79. The summed E-state index contributed by atoms with van der Waals surface area (Å²) in [5.41, 5.74) is 8.38. The molecule has 4 heteroatoms. The maximum atomic E-state index is 6.37. The molecule has 16 heavy (non-hydrogen) atoms. The lowest BCUT2D eigenvalue weighted by Crippen LogP contribution is -2.12. The van der Waals surface area contributed by atoms with Crippen LogP contribution < -0.4 is 5.73 Å². The Balaban J connectivity index is 2.79. The molecule has 2 rings (SSSR count). The van der Waals surface area contributed by atoms with Gasteiger partial charge in [0.05, 0.1) is 5.69 Å². The molecule has 0 bridgehead atoms. The Hall–Kier alpha value is -1.06. The first kappa shape index (κ1) is 11.4. The fourth-order valence-corrected chi connectivity index (χ4v) is 2.28. The molecule has 0 unspecified atom stereocenters. The number of aromatic nitrogens is 2. The van der Waals surface area contributed by atoms with Gasteiger partial charge in [-0.2, -0.15) is 0 Å². The van der Waals surface area contributed by atoms with E-state index in [1.54, 1.807) is 0 Å². The van der Waals surface area contributed by atoms with Crippen LogP contribution in [0.2, 0.25) is 5.15 Å². The smallest absolute Gasteiger partial charge is 0.138 e. The van der Waals surface area contributed by atoms with Gasteiger partial charge in [-0.05, 0) is 12.1 Å². The predicted molar refractivity (Wildman–Crippen MR) is 66.8 cm³/mol. The lowest BCUT2D eigenvalue weighted by atomic mass is 9.93. The number of halogens is 1. The largest absolute Gasteiger partial charge is 0.325 e. The molecule has 86 valence electrons. The topological polar surface area (TPSA) is 43.3 Å². The van der Waals surface area contributed by atoms with Crippen LogP contribution >= 0.6 is 11.6 Å². The van der Waals surface area contributed by atoms with E-state index in [4.69, 9.17) is 17.3 Å². The molecular formula is C12H16ClN3. The summed E-state index contributed by atoms with van der Waals surface area (Å²) in [4.78, 5) is 4.57. The molecule has 2 N–H and O–H groups in total. The normalized spacial score (nSPS) is 12.3. The SMILES string of the molecule is CC(C)(C)c1nc2cccc(CN)n2c1Cl. The molecule has 0 aliphatic carbocycles. The quantitative estimate of drug-likeness (QED) is 0.829. The van der Waals surface area contributed by atoms with Gasteiger partial charge >= 0.3 is 0 Å². The van der Waals surface area contributed by atoms with E-state index in [2.05, 4.69) is 25.8 Å². The summed E-state index contributed by atoms with van der Waals surface area (Å²) in [6.07, 6.45) is 0. The maximum Gasteiger partial charge on any atom is 0.138 e. The highest BCUT2D eigenvalue weighted by Crippen LogP contribution is 2.30. The fourth-order valence-electron chi connectivity index (χ4n) is 1.76. The van der Waals surface area contributed by atoms with Crippen LogP contribution in [-0.2, 0) is 12.0 Å². The number of rotatable bonds is 1. The average molecular weight is 238 g/mol. The van der Waals surface area contributed by atoms with E-state index in [0.29, 0.717) is 11.7 Å². The Morgan fingerprint density at radius 2 is 2.06 bits per heavy atom. The van der Waals surface area contributed by atoms with Crippen molar-refractivity contribution in [1.29, 1.82) is 0 Å². The molecule has 0 spiro atoms. The second kappa shape index (κ2) is 3.75. The summed E-state index contributed by atoms with van der Waals surface area (Å²) in [5, 5.41) is 0.670. The van der Waals surface area contributed by atoms with Crippen molar-refractivity contribution in [3.63, 3.8) is 0 Å². The van der Waals surface area contributed by atoms with Gasteiger partial charge in [0, 0.05) is 17.7 Å². The molecule has 0 saturated heterocycles. The molecule has 2 heterocycles. The van der Waals surface area contributed by atoms with Crippen molar-refractivity contribution in [2.75, 3.05) is 0 Å². The number of nitrogens with zero attached hydrogens (tertiary/aromatic N) is 2. The molecule has 0 aliphatic heterocycles. The van der Waals surface area contributed by atoms with Crippen molar-refractivity contribution < 1.29 is 0 Å². The summed E-state index contributed by atoms with van der Waals surface area (Å²) in [6.45, 7) is 6.76. The van der Waals surface area contributed by atoms with Crippen LogP contribution in [0.1, 0.15) is 32.2 Å². The molecule has 0 amide bonds. The number of hydrogen-bond acceptors (Lipinski definition) is 2. The van der Waals surface area contributed by atoms with E-state index in [9.17, 15) is 0 Å². The van der Waals surface area contributed by atoms with Gasteiger partial charge < -0.3 is 5.73 Å². The van der Waals surface area contributed by atoms with Gasteiger partial charge in [0.1, 0.15) is 10.8 Å². The van der Waals surface area contributed by atoms with Crippen LogP contribution in [-0.4, -0.2) is 9.38 Å². The molecule has 0 radical (unpaired) electrons. The van der Waals surface area contributed by atoms with Gasteiger partial charge in [-0.1, -0.05) is 38.4 Å². The van der Waals surface area contributed by atoms with Crippen LogP contribution in [0.3, 0.4) is 0 Å². The van der Waals surface area contributed by atoms with Gasteiger partial charge in [0.2, 0.25) is 0 Å². The van der Waals surface area contributed by atoms with E-state index in [0.717, 1.165) is 17.0 Å². The molecular weight excluding hydrogens is 222 g/mol. The van der Waals surface area contributed by atoms with Gasteiger partial charge in [-0.3, -0.25) is 4.40 Å². The molecule has 0 aromatic carbocycles. The highest BCUT2D eigenvalue weighted by Gasteiger charge is 2.23. The third-order valence-electron chi connectivity index (χ3n) is 2.59. The van der Waals surface area contributed by atoms with Crippen molar-refractivity contribution >= 4 is 17.2 Å². The minimum Gasteiger partial charge on any atom is -0.325 e. The lowest BCUT2D eigenvalue weighted by Gasteiger charge is -2.15. The molecule has 2 aromatic rings. The summed E-state index contributed by atoms with van der Waals surface area (Å²) in [7, 11) is 0. The van der Waals surface area contributed by atoms with Crippen molar-refractivity contribution in [3.05, 3.63) is 34.7 Å². The van der Waals surface area contributed by atoms with Gasteiger partial charge in [-0.15, -0.1) is 0 Å². The fraction of sp³-hybridized carbons (Fsp3) is 0.417. The monoisotopic (exact) mass is 237 g/mol. The lowest BCUT2D eigenvalue weighted by molar-refractivity contribution is 0.573. The van der Waals surface area contributed by atoms with Gasteiger partial charge in [-0.25, -0.2) is 4.98 Å². The minimum atomic E-state index is -0.0605. The van der Waals surface area contributed by atoms with Gasteiger partial charge in [0.25, 0.3) is 0 Å². The Morgan fingerprint density at radius 3 is 2.62 bits per heavy atom. The Labute approximate surface area is 100 Å². The van der Waals surface area contributed by atoms with E-state index >= 15 is 0 Å². The molecule has 0 fully saturated rings. The van der Waals surface area contributed by atoms with E-state index in [1.807, 2.05) is 22.6 Å². The van der Waals surface area contributed by atoms with Crippen LogP contribution in [0, 0.1) is 0 Å². The highest BCUT2D eigenvalue weighted by molar-refractivity contribution is 6.30. The Kier molecular flexibility index (Phi) is 2.68. The number of nitrogens with two attached hydrogens (primary N) is 1. The second-order valence-corrected chi connectivity index (χ2v) is 5.27. The van der Waals surface area contributed by atoms with E-state index < -0.39 is 0 Å². The number of pyridine rings is 1. The second-order valence-electron chi connectivity index (χ2n) is 4.92. The number of fused-ring (bicyclic) bond motifs is 1. The zero-order chi connectivity index (χ0) is 11.9. The zero-order valence-corrected chi connectivity index (χ0v) is 10.5.